The summed E-state index contributed by atoms with van der Waals surface area (Å²) in [5.41, 5.74) is 7.95. The normalized spacial score (nSPS) is 11.6. The van der Waals surface area contributed by atoms with Gasteiger partial charge < -0.3 is 10.7 Å². The number of nitrogens with zero attached hydrogens (tertiary/aromatic N) is 2. The third kappa shape index (κ3) is 1.98. The number of aromatic amines is 1. The van der Waals surface area contributed by atoms with Crippen LogP contribution in [0.5, 0.6) is 0 Å². The summed E-state index contributed by atoms with van der Waals surface area (Å²) in [6.45, 7) is 4.66. The van der Waals surface area contributed by atoms with Gasteiger partial charge in [-0.3, -0.25) is 9.48 Å². The van der Waals surface area contributed by atoms with Crippen LogP contribution in [0.2, 0.25) is 0 Å². The molecule has 0 fully saturated rings. The van der Waals surface area contributed by atoms with Crippen molar-refractivity contribution in [3.8, 4) is 0 Å². The molecule has 2 aromatic heterocycles. The Morgan fingerprint density at radius 1 is 1.53 bits per heavy atom. The number of fused-ring (bicyclic) bond motifs is 1. The fraction of sp³-hybridized carbons (Fsp3) is 0.500. The van der Waals surface area contributed by atoms with Crippen molar-refractivity contribution in [2.45, 2.75) is 26.2 Å². The molecule has 0 radical (unpaired) electrons. The van der Waals surface area contributed by atoms with E-state index in [0.29, 0.717) is 18.9 Å². The zero-order chi connectivity index (χ0) is 12.6. The summed E-state index contributed by atoms with van der Waals surface area (Å²) in [5.74, 6) is 0.329. The van der Waals surface area contributed by atoms with Gasteiger partial charge >= 0.3 is 0 Å². The first-order valence-corrected chi connectivity index (χ1v) is 5.83. The van der Waals surface area contributed by atoms with Gasteiger partial charge in [-0.1, -0.05) is 13.8 Å². The zero-order valence-electron chi connectivity index (χ0n) is 10.4. The Hall–Kier alpha value is -1.62. The van der Waals surface area contributed by atoms with E-state index in [1.54, 1.807) is 4.68 Å². The van der Waals surface area contributed by atoms with Crippen LogP contribution in [0.15, 0.2) is 10.9 Å². The molecule has 5 nitrogen and oxygen atoms in total. The number of hydrogen-bond donors (Lipinski definition) is 2. The van der Waals surface area contributed by atoms with Gasteiger partial charge in [-0.05, 0) is 24.9 Å². The predicted octanol–water partition coefficient (Wildman–Crippen LogP) is 0.886. The summed E-state index contributed by atoms with van der Waals surface area (Å²) in [5, 5.41) is 5.47. The van der Waals surface area contributed by atoms with E-state index in [4.69, 9.17) is 5.73 Å². The number of aryl methyl sites for hydroxylation is 1. The van der Waals surface area contributed by atoms with E-state index < -0.39 is 0 Å². The summed E-state index contributed by atoms with van der Waals surface area (Å²) < 4.78 is 1.72. The molecule has 0 saturated carbocycles. The average molecular weight is 234 g/mol. The first-order valence-electron chi connectivity index (χ1n) is 5.83. The van der Waals surface area contributed by atoms with Crippen LogP contribution in [-0.2, 0) is 13.5 Å². The highest BCUT2D eigenvalue weighted by Gasteiger charge is 2.14. The van der Waals surface area contributed by atoms with Crippen molar-refractivity contribution >= 4 is 11.0 Å². The monoisotopic (exact) mass is 234 g/mol. The fourth-order valence-corrected chi connectivity index (χ4v) is 2.05. The second-order valence-electron chi connectivity index (χ2n) is 4.59. The van der Waals surface area contributed by atoms with Crippen LogP contribution >= 0.6 is 0 Å². The quantitative estimate of drug-likeness (QED) is 0.828. The lowest BCUT2D eigenvalue weighted by molar-refractivity contribution is 0.723. The third-order valence-corrected chi connectivity index (χ3v) is 2.92. The topological polar surface area (TPSA) is 76.7 Å². The SMILES string of the molecule is CC(C)c1nn(C)c2[nH]c(=O)c(CCN)cc12. The highest BCUT2D eigenvalue weighted by molar-refractivity contribution is 5.79. The van der Waals surface area contributed by atoms with Gasteiger partial charge in [0.15, 0.2) is 0 Å². The number of pyridine rings is 1. The Balaban J connectivity index is 2.73. The van der Waals surface area contributed by atoms with Gasteiger partial charge in [0.05, 0.1) is 5.69 Å². The maximum Gasteiger partial charge on any atom is 0.252 e. The molecule has 3 N–H and O–H groups in total. The van der Waals surface area contributed by atoms with Crippen LogP contribution in [-0.4, -0.2) is 21.3 Å². The standard InChI is InChI=1S/C12H18N4O/c1-7(2)10-9-6-8(4-5-13)12(17)14-11(9)16(3)15-10/h6-7H,4-5,13H2,1-3H3,(H,14,17). The lowest BCUT2D eigenvalue weighted by Crippen LogP contribution is -2.16. The molecule has 92 valence electrons. The molecule has 5 heteroatoms. The molecule has 0 bridgehead atoms. The molecule has 0 saturated heterocycles. The molecule has 0 aromatic carbocycles. The summed E-state index contributed by atoms with van der Waals surface area (Å²) in [7, 11) is 1.84. The number of hydrogen-bond acceptors (Lipinski definition) is 3. The van der Waals surface area contributed by atoms with Crippen molar-refractivity contribution in [1.82, 2.24) is 14.8 Å². The largest absolute Gasteiger partial charge is 0.330 e. The maximum atomic E-state index is 11.8. The van der Waals surface area contributed by atoms with Crippen molar-refractivity contribution < 1.29 is 0 Å². The first-order chi connectivity index (χ1) is 8.04. The van der Waals surface area contributed by atoms with Crippen LogP contribution in [0.25, 0.3) is 11.0 Å². The Morgan fingerprint density at radius 3 is 2.82 bits per heavy atom. The van der Waals surface area contributed by atoms with E-state index in [9.17, 15) is 4.79 Å². The summed E-state index contributed by atoms with van der Waals surface area (Å²) in [6, 6.07) is 1.92. The highest BCUT2D eigenvalue weighted by atomic mass is 16.1. The Bertz CT molecular complexity index is 594. The molecule has 17 heavy (non-hydrogen) atoms. The van der Waals surface area contributed by atoms with Gasteiger partial charge in [-0.15, -0.1) is 0 Å². The van der Waals surface area contributed by atoms with E-state index in [2.05, 4.69) is 23.9 Å². The Kier molecular flexibility index (Phi) is 3.02. The van der Waals surface area contributed by atoms with Crippen LogP contribution in [0, 0.1) is 0 Å². The van der Waals surface area contributed by atoms with Crippen molar-refractivity contribution in [3.63, 3.8) is 0 Å². The third-order valence-electron chi connectivity index (χ3n) is 2.92. The Morgan fingerprint density at radius 2 is 2.24 bits per heavy atom. The molecule has 2 heterocycles. The molecule has 0 atom stereocenters. The van der Waals surface area contributed by atoms with E-state index in [1.807, 2.05) is 13.1 Å². The van der Waals surface area contributed by atoms with E-state index in [1.165, 1.54) is 0 Å². The van der Waals surface area contributed by atoms with Gasteiger partial charge in [0, 0.05) is 18.0 Å². The van der Waals surface area contributed by atoms with E-state index in [0.717, 1.165) is 22.3 Å². The van der Waals surface area contributed by atoms with Crippen LogP contribution < -0.4 is 11.3 Å². The van der Waals surface area contributed by atoms with Gasteiger partial charge in [0.25, 0.3) is 5.56 Å². The minimum Gasteiger partial charge on any atom is -0.330 e. The second-order valence-corrected chi connectivity index (χ2v) is 4.59. The summed E-state index contributed by atoms with van der Waals surface area (Å²) >= 11 is 0. The van der Waals surface area contributed by atoms with Crippen molar-refractivity contribution in [3.05, 3.63) is 27.7 Å². The molecule has 0 aliphatic heterocycles. The number of H-pyrrole nitrogens is 1. The summed E-state index contributed by atoms with van der Waals surface area (Å²) in [4.78, 5) is 14.7. The van der Waals surface area contributed by atoms with Gasteiger partial charge in [-0.25, -0.2) is 0 Å². The minimum atomic E-state index is -0.0683. The molecule has 0 unspecified atom stereocenters. The second kappa shape index (κ2) is 4.33. The molecular formula is C12H18N4O. The molecular weight excluding hydrogens is 216 g/mol. The lowest BCUT2D eigenvalue weighted by atomic mass is 10.1. The number of nitrogens with one attached hydrogen (secondary N) is 1. The fourth-order valence-electron chi connectivity index (χ4n) is 2.05. The summed E-state index contributed by atoms with van der Waals surface area (Å²) in [6.07, 6.45) is 0.595. The first kappa shape index (κ1) is 11.9. The van der Waals surface area contributed by atoms with E-state index in [-0.39, 0.29) is 5.56 Å². The number of rotatable bonds is 3. The molecule has 0 aliphatic carbocycles. The number of nitrogens with two attached hydrogens (primary N) is 1. The molecule has 0 aliphatic rings. The van der Waals surface area contributed by atoms with Gasteiger partial charge in [0.2, 0.25) is 0 Å². The van der Waals surface area contributed by atoms with E-state index >= 15 is 0 Å². The molecule has 0 amide bonds. The lowest BCUT2D eigenvalue weighted by Gasteiger charge is -2.02. The average Bonchev–Trinajstić information content (AvgIpc) is 2.57. The zero-order valence-corrected chi connectivity index (χ0v) is 10.4. The smallest absolute Gasteiger partial charge is 0.252 e. The van der Waals surface area contributed by atoms with Crippen molar-refractivity contribution in [1.29, 1.82) is 0 Å². The van der Waals surface area contributed by atoms with Crippen LogP contribution in [0.1, 0.15) is 31.0 Å². The highest BCUT2D eigenvalue weighted by Crippen LogP contribution is 2.22. The number of aromatic nitrogens is 3. The van der Waals surface area contributed by atoms with Crippen molar-refractivity contribution in [2.24, 2.45) is 12.8 Å². The predicted molar refractivity (Wildman–Crippen MR) is 68.2 cm³/mol. The van der Waals surface area contributed by atoms with Gasteiger partial charge in [-0.2, -0.15) is 5.10 Å². The Labute approximate surface area is 99.6 Å². The molecule has 2 aromatic rings. The minimum absolute atomic E-state index is 0.0683. The van der Waals surface area contributed by atoms with Crippen LogP contribution in [0.4, 0.5) is 0 Å². The molecule has 0 spiro atoms. The molecule has 2 rings (SSSR count). The van der Waals surface area contributed by atoms with Crippen molar-refractivity contribution in [2.75, 3.05) is 6.54 Å². The maximum absolute atomic E-state index is 11.8. The van der Waals surface area contributed by atoms with Gasteiger partial charge in [0.1, 0.15) is 5.65 Å². The van der Waals surface area contributed by atoms with Crippen LogP contribution in [0.3, 0.4) is 0 Å².